The predicted octanol–water partition coefficient (Wildman–Crippen LogP) is 6.37. The monoisotopic (exact) mass is 679 g/mol. The lowest BCUT2D eigenvalue weighted by Gasteiger charge is -2.32. The molecular formula is C35H43ClFN7O2S. The van der Waals surface area contributed by atoms with E-state index in [2.05, 4.69) is 38.2 Å². The number of nitrogens with one attached hydrogen (secondary N) is 5. The van der Waals surface area contributed by atoms with Crippen molar-refractivity contribution in [3.63, 3.8) is 0 Å². The smallest absolute Gasteiger partial charge is 0.354 e. The summed E-state index contributed by atoms with van der Waals surface area (Å²) in [7, 11) is 0. The van der Waals surface area contributed by atoms with Gasteiger partial charge in [0.05, 0.1) is 35.5 Å². The Morgan fingerprint density at radius 1 is 1.21 bits per heavy atom. The normalized spacial score (nSPS) is 20.0. The van der Waals surface area contributed by atoms with Gasteiger partial charge in [-0.05, 0) is 93.2 Å². The van der Waals surface area contributed by atoms with Crippen molar-refractivity contribution in [2.75, 3.05) is 32.6 Å². The first-order chi connectivity index (χ1) is 22.8. The van der Waals surface area contributed by atoms with E-state index in [0.29, 0.717) is 46.8 Å². The fourth-order valence-electron chi connectivity index (χ4n) is 6.73. The molecule has 250 valence electrons. The topological polar surface area (TPSA) is 120 Å². The van der Waals surface area contributed by atoms with Gasteiger partial charge in [0.25, 0.3) is 0 Å². The van der Waals surface area contributed by atoms with Gasteiger partial charge in [0.1, 0.15) is 5.65 Å². The number of piperidine rings is 1. The first kappa shape index (κ1) is 33.7. The molecule has 2 aliphatic rings. The number of ether oxygens (including phenoxy) is 1. The van der Waals surface area contributed by atoms with Gasteiger partial charge in [0.15, 0.2) is 5.82 Å². The third kappa shape index (κ3) is 8.09. The Bertz CT molecular complexity index is 1790. The maximum absolute atomic E-state index is 15.3. The number of morpholine rings is 1. The SMILES string of the molecule is CSc1cc(-n2cc3cc(-c4cc(CCC[C@@H]5COCCN5)cc(Cl)c4F)[nH]c3nc2=O)ccc1[C@@H]1CCC[C@@H](CCNC(C)=N)N1. The van der Waals surface area contributed by atoms with Crippen LogP contribution in [0.1, 0.15) is 62.6 Å². The number of aryl methyl sites for hydroxylation is 1. The van der Waals surface area contributed by atoms with Gasteiger partial charge in [0, 0.05) is 53.3 Å². The molecule has 0 unspecified atom stereocenters. The van der Waals surface area contributed by atoms with Crippen molar-refractivity contribution in [3.8, 4) is 16.9 Å². The van der Waals surface area contributed by atoms with E-state index >= 15 is 4.39 Å². The number of hydrogen-bond donors (Lipinski definition) is 5. The van der Waals surface area contributed by atoms with Gasteiger partial charge < -0.3 is 25.7 Å². The van der Waals surface area contributed by atoms with E-state index < -0.39 is 11.5 Å². The van der Waals surface area contributed by atoms with Gasteiger partial charge in [-0.2, -0.15) is 4.98 Å². The van der Waals surface area contributed by atoms with Crippen LogP contribution in [0, 0.1) is 11.2 Å². The number of H-pyrrole nitrogens is 1. The van der Waals surface area contributed by atoms with Gasteiger partial charge in [-0.1, -0.05) is 24.1 Å². The van der Waals surface area contributed by atoms with Crippen LogP contribution in [0.25, 0.3) is 28.0 Å². The quantitative estimate of drug-likeness (QED) is 0.0711. The first-order valence-electron chi connectivity index (χ1n) is 16.4. The highest BCUT2D eigenvalue weighted by Crippen LogP contribution is 2.35. The third-order valence-corrected chi connectivity index (χ3v) is 10.2. The van der Waals surface area contributed by atoms with Crippen LogP contribution in [0.2, 0.25) is 5.02 Å². The van der Waals surface area contributed by atoms with Crippen molar-refractivity contribution in [1.29, 1.82) is 5.41 Å². The lowest BCUT2D eigenvalue weighted by atomic mass is 9.92. The van der Waals surface area contributed by atoms with Crippen molar-refractivity contribution >= 4 is 40.2 Å². The number of nitrogens with zero attached hydrogens (tertiary/aromatic N) is 2. The van der Waals surface area contributed by atoms with E-state index in [1.165, 1.54) is 5.56 Å². The molecule has 2 aromatic carbocycles. The summed E-state index contributed by atoms with van der Waals surface area (Å²) in [6.45, 7) is 4.88. The number of amidine groups is 1. The molecular weight excluding hydrogens is 637 g/mol. The van der Waals surface area contributed by atoms with Crippen molar-refractivity contribution in [2.45, 2.75) is 74.9 Å². The van der Waals surface area contributed by atoms with Gasteiger partial charge in [-0.15, -0.1) is 11.8 Å². The second-order valence-electron chi connectivity index (χ2n) is 12.6. The molecule has 6 rings (SSSR count). The molecule has 12 heteroatoms. The van der Waals surface area contributed by atoms with Gasteiger partial charge >= 0.3 is 5.69 Å². The molecule has 4 heterocycles. The highest BCUT2D eigenvalue weighted by atomic mass is 35.5. The Kier molecular flexibility index (Phi) is 11.0. The van der Waals surface area contributed by atoms with Gasteiger partial charge in [-0.3, -0.25) is 9.98 Å². The number of hydrogen-bond acceptors (Lipinski definition) is 7. The molecule has 0 aliphatic carbocycles. The van der Waals surface area contributed by atoms with Crippen LogP contribution in [-0.2, 0) is 11.2 Å². The fraction of sp³-hybridized carbons (Fsp3) is 0.457. The van der Waals surface area contributed by atoms with E-state index in [-0.39, 0.29) is 11.1 Å². The van der Waals surface area contributed by atoms with E-state index in [1.54, 1.807) is 35.5 Å². The van der Waals surface area contributed by atoms with E-state index in [0.717, 1.165) is 80.8 Å². The molecule has 2 saturated heterocycles. The first-order valence-corrected chi connectivity index (χ1v) is 18.0. The van der Waals surface area contributed by atoms with Crippen molar-refractivity contribution in [3.05, 3.63) is 75.0 Å². The molecule has 2 fully saturated rings. The summed E-state index contributed by atoms with van der Waals surface area (Å²) < 4.78 is 22.4. The Morgan fingerprint density at radius 3 is 2.87 bits per heavy atom. The summed E-state index contributed by atoms with van der Waals surface area (Å²) in [5.74, 6) is -0.00789. The second kappa shape index (κ2) is 15.3. The average molecular weight is 680 g/mol. The van der Waals surface area contributed by atoms with Crippen LogP contribution in [0.4, 0.5) is 4.39 Å². The number of thioether (sulfide) groups is 1. The van der Waals surface area contributed by atoms with E-state index in [1.807, 2.05) is 24.3 Å². The summed E-state index contributed by atoms with van der Waals surface area (Å²) in [6, 6.07) is 12.4. The van der Waals surface area contributed by atoms with E-state index in [4.69, 9.17) is 21.7 Å². The molecule has 9 nitrogen and oxygen atoms in total. The minimum absolute atomic E-state index is 0.0735. The van der Waals surface area contributed by atoms with E-state index in [9.17, 15) is 4.79 Å². The molecule has 3 atom stereocenters. The highest BCUT2D eigenvalue weighted by Gasteiger charge is 2.24. The van der Waals surface area contributed by atoms with Crippen molar-refractivity contribution in [1.82, 2.24) is 30.5 Å². The number of halogens is 2. The molecule has 2 aromatic heterocycles. The number of rotatable bonds is 11. The standard InChI is InChI=1S/C35H43ClFN7O2S/c1-21(38)39-12-11-24-6-4-8-30(41-24)27-10-9-26(18-32(27)47-2)44-19-23-17-31(42-34(23)43-35(44)45)28-15-22(16-29(36)33(28)37)5-3-7-25-20-46-14-13-40-25/h9-10,15-19,24-25,30,40-41H,3-8,11-14,20H2,1-2H3,(H2,38,39)(H,42,43,45)/t24-,25+,30-/m0/s1. The van der Waals surface area contributed by atoms with Gasteiger partial charge in [0.2, 0.25) is 0 Å². The molecule has 0 radical (unpaired) electrons. The largest absolute Gasteiger partial charge is 0.379 e. The summed E-state index contributed by atoms with van der Waals surface area (Å²) in [4.78, 5) is 21.9. The maximum Gasteiger partial charge on any atom is 0.354 e. The minimum Gasteiger partial charge on any atom is -0.379 e. The lowest BCUT2D eigenvalue weighted by molar-refractivity contribution is 0.0736. The third-order valence-electron chi connectivity index (χ3n) is 9.14. The molecule has 47 heavy (non-hydrogen) atoms. The Balaban J connectivity index is 1.21. The molecule has 0 saturated carbocycles. The van der Waals surface area contributed by atoms with Crippen LogP contribution in [0.15, 0.2) is 52.3 Å². The maximum atomic E-state index is 15.3. The summed E-state index contributed by atoms with van der Waals surface area (Å²) in [5, 5.41) is 18.8. The second-order valence-corrected chi connectivity index (χ2v) is 13.8. The van der Waals surface area contributed by atoms with Gasteiger partial charge in [-0.25, -0.2) is 9.18 Å². The van der Waals surface area contributed by atoms with Crippen LogP contribution in [-0.4, -0.2) is 65.0 Å². The zero-order chi connectivity index (χ0) is 32.9. The molecule has 2 aliphatic heterocycles. The lowest BCUT2D eigenvalue weighted by Crippen LogP contribution is -2.41. The number of aromatic nitrogens is 3. The van der Waals surface area contributed by atoms with Crippen LogP contribution >= 0.6 is 23.4 Å². The minimum atomic E-state index is -0.501. The molecule has 0 bridgehead atoms. The highest BCUT2D eigenvalue weighted by molar-refractivity contribution is 7.98. The van der Waals surface area contributed by atoms with Crippen LogP contribution in [0.3, 0.4) is 0 Å². The average Bonchev–Trinajstić information content (AvgIpc) is 3.48. The molecule has 0 amide bonds. The summed E-state index contributed by atoms with van der Waals surface area (Å²) in [6.07, 6.45) is 10.7. The Labute approximate surface area is 283 Å². The van der Waals surface area contributed by atoms with Crippen LogP contribution in [0.5, 0.6) is 0 Å². The summed E-state index contributed by atoms with van der Waals surface area (Å²) in [5.41, 5.74) is 3.78. The number of aromatic amines is 1. The molecule has 0 spiro atoms. The zero-order valence-corrected chi connectivity index (χ0v) is 28.5. The summed E-state index contributed by atoms with van der Waals surface area (Å²) >= 11 is 8.02. The van der Waals surface area contributed by atoms with Crippen LogP contribution < -0.4 is 21.6 Å². The molecule has 5 N–H and O–H groups in total. The Hall–Kier alpha value is -3.22. The predicted molar refractivity (Wildman–Crippen MR) is 189 cm³/mol. The van der Waals surface area contributed by atoms with Crippen molar-refractivity contribution < 1.29 is 9.13 Å². The van der Waals surface area contributed by atoms with Crippen molar-refractivity contribution in [2.24, 2.45) is 0 Å². The Morgan fingerprint density at radius 2 is 2.09 bits per heavy atom. The zero-order valence-electron chi connectivity index (χ0n) is 26.9. The number of fused-ring (bicyclic) bond motifs is 1. The molecule has 4 aromatic rings. The fourth-order valence-corrected chi connectivity index (χ4v) is 7.66. The number of benzene rings is 2.